The summed E-state index contributed by atoms with van der Waals surface area (Å²) in [4.78, 5) is 36.9. The number of hydrogen-bond donors (Lipinski definition) is 0. The van der Waals surface area contributed by atoms with Crippen molar-refractivity contribution in [3.63, 3.8) is 0 Å². The molecule has 13 heteroatoms. The summed E-state index contributed by atoms with van der Waals surface area (Å²) in [7, 11) is 0. The first-order valence-electron chi connectivity index (χ1n) is 10.2. The van der Waals surface area contributed by atoms with E-state index in [0.717, 1.165) is 12.1 Å². The average molecular weight is 477 g/mol. The fourth-order valence-corrected chi connectivity index (χ4v) is 3.99. The number of nitro groups is 2. The number of rotatable bonds is 5. The van der Waals surface area contributed by atoms with Crippen molar-refractivity contribution in [2.75, 3.05) is 31.1 Å². The smallest absolute Gasteiger partial charge is 0.362 e. The molecule has 4 rings (SSSR count). The van der Waals surface area contributed by atoms with Crippen molar-refractivity contribution in [2.24, 2.45) is 0 Å². The number of halogens is 3. The Balaban J connectivity index is 1.44. The third-order valence-corrected chi connectivity index (χ3v) is 5.74. The number of fused-ring (bicyclic) bond motifs is 1. The highest BCUT2D eigenvalue weighted by molar-refractivity contribution is 5.85. The molecule has 0 aliphatic carbocycles. The van der Waals surface area contributed by atoms with E-state index in [0.29, 0.717) is 17.0 Å². The minimum Gasteiger partial charge on any atom is -0.362 e. The van der Waals surface area contributed by atoms with E-state index in [4.69, 9.17) is 0 Å². The number of piperazine rings is 1. The molecule has 0 spiro atoms. The van der Waals surface area contributed by atoms with Crippen molar-refractivity contribution in [3.8, 4) is 0 Å². The molecule has 178 valence electrons. The lowest BCUT2D eigenvalue weighted by Crippen LogP contribution is -2.49. The molecule has 2 aromatic carbocycles. The number of carbonyl (C=O) groups excluding carboxylic acids is 1. The standard InChI is InChI=1S/C21H18F3N5O5/c22-21(23,24)15-1-3-18(19(12-15)29(33)34)25-7-9-26(10-8-25)20(30)13-27-6-5-14-11-16(28(31)32)2-4-17(14)27/h1-6,11-12H,7-10,13H2. The van der Waals surface area contributed by atoms with Crippen molar-refractivity contribution < 1.29 is 27.8 Å². The Morgan fingerprint density at radius 2 is 1.65 bits per heavy atom. The van der Waals surface area contributed by atoms with Crippen LogP contribution in [0.4, 0.5) is 30.2 Å². The van der Waals surface area contributed by atoms with Crippen LogP contribution < -0.4 is 4.90 Å². The molecule has 1 aromatic heterocycles. The topological polar surface area (TPSA) is 115 Å². The molecule has 0 saturated carbocycles. The van der Waals surface area contributed by atoms with Crippen LogP contribution in [0.25, 0.3) is 10.9 Å². The number of alkyl halides is 3. The first-order valence-corrected chi connectivity index (χ1v) is 10.2. The lowest BCUT2D eigenvalue weighted by molar-refractivity contribution is -0.384. The van der Waals surface area contributed by atoms with Crippen LogP contribution in [0.1, 0.15) is 5.56 Å². The molecule has 34 heavy (non-hydrogen) atoms. The van der Waals surface area contributed by atoms with Crippen LogP contribution in [0.2, 0.25) is 0 Å². The summed E-state index contributed by atoms with van der Waals surface area (Å²) < 4.78 is 40.5. The largest absolute Gasteiger partial charge is 0.416 e. The van der Waals surface area contributed by atoms with E-state index in [1.165, 1.54) is 12.1 Å². The summed E-state index contributed by atoms with van der Waals surface area (Å²) in [5.41, 5.74) is -1.05. The van der Waals surface area contributed by atoms with Gasteiger partial charge < -0.3 is 14.4 Å². The summed E-state index contributed by atoms with van der Waals surface area (Å²) in [5, 5.41) is 22.9. The summed E-state index contributed by atoms with van der Waals surface area (Å²) >= 11 is 0. The van der Waals surface area contributed by atoms with Crippen LogP contribution in [0, 0.1) is 20.2 Å². The quantitative estimate of drug-likeness (QED) is 0.408. The van der Waals surface area contributed by atoms with E-state index in [1.807, 2.05) is 0 Å². The minimum absolute atomic E-state index is 0.00172. The molecule has 0 N–H and O–H groups in total. The van der Waals surface area contributed by atoms with Gasteiger partial charge in [-0.3, -0.25) is 25.0 Å². The molecule has 1 aliphatic heterocycles. The zero-order valence-electron chi connectivity index (χ0n) is 17.6. The maximum atomic E-state index is 12.9. The molecule has 1 aliphatic rings. The Morgan fingerprint density at radius 1 is 0.941 bits per heavy atom. The number of hydrogen-bond acceptors (Lipinski definition) is 6. The van der Waals surface area contributed by atoms with Gasteiger partial charge in [0.1, 0.15) is 12.2 Å². The number of nitrogens with zero attached hydrogens (tertiary/aromatic N) is 5. The van der Waals surface area contributed by atoms with Gasteiger partial charge >= 0.3 is 6.18 Å². The van der Waals surface area contributed by atoms with Gasteiger partial charge in [0.2, 0.25) is 5.91 Å². The fraction of sp³-hybridized carbons (Fsp3) is 0.286. The Morgan fingerprint density at radius 3 is 2.26 bits per heavy atom. The number of anilines is 1. The van der Waals surface area contributed by atoms with E-state index >= 15 is 0 Å². The maximum Gasteiger partial charge on any atom is 0.416 e. The normalized spacial score (nSPS) is 14.4. The van der Waals surface area contributed by atoms with E-state index in [2.05, 4.69) is 0 Å². The van der Waals surface area contributed by atoms with Crippen molar-refractivity contribution >= 4 is 33.9 Å². The molecule has 1 fully saturated rings. The Bertz CT molecular complexity index is 1280. The monoisotopic (exact) mass is 477 g/mol. The first kappa shape index (κ1) is 23.0. The van der Waals surface area contributed by atoms with Crippen LogP contribution in [0.5, 0.6) is 0 Å². The lowest BCUT2D eigenvalue weighted by Gasteiger charge is -2.36. The predicted octanol–water partition coefficient (Wildman–Crippen LogP) is 3.83. The first-order chi connectivity index (χ1) is 16.0. The van der Waals surface area contributed by atoms with E-state index in [1.54, 1.807) is 32.7 Å². The van der Waals surface area contributed by atoms with Gasteiger partial charge in [0, 0.05) is 61.5 Å². The second-order valence-electron chi connectivity index (χ2n) is 7.77. The molecule has 1 amide bonds. The van der Waals surface area contributed by atoms with Crippen LogP contribution in [-0.4, -0.2) is 51.4 Å². The van der Waals surface area contributed by atoms with Crippen molar-refractivity contribution in [3.05, 3.63) is 74.5 Å². The molecule has 0 radical (unpaired) electrons. The van der Waals surface area contributed by atoms with Gasteiger partial charge in [-0.05, 0) is 24.3 Å². The van der Waals surface area contributed by atoms with Crippen molar-refractivity contribution in [1.29, 1.82) is 0 Å². The number of non-ortho nitro benzene ring substituents is 1. The van der Waals surface area contributed by atoms with Crippen LogP contribution in [0.3, 0.4) is 0 Å². The summed E-state index contributed by atoms with van der Waals surface area (Å²) in [6, 6.07) is 8.45. The summed E-state index contributed by atoms with van der Waals surface area (Å²) in [6.07, 6.45) is -3.03. The Labute approximate surface area is 190 Å². The molecular formula is C21H18F3N5O5. The van der Waals surface area contributed by atoms with Gasteiger partial charge in [0.15, 0.2) is 0 Å². The highest BCUT2D eigenvalue weighted by Gasteiger charge is 2.34. The second-order valence-corrected chi connectivity index (χ2v) is 7.77. The molecule has 0 bridgehead atoms. The number of aromatic nitrogens is 1. The lowest BCUT2D eigenvalue weighted by atomic mass is 10.1. The highest BCUT2D eigenvalue weighted by Crippen LogP contribution is 2.36. The van der Waals surface area contributed by atoms with Gasteiger partial charge in [0.05, 0.1) is 15.4 Å². The molecule has 10 nitrogen and oxygen atoms in total. The summed E-state index contributed by atoms with van der Waals surface area (Å²) in [5.74, 6) is -0.211. The van der Waals surface area contributed by atoms with E-state index < -0.39 is 27.3 Å². The zero-order chi connectivity index (χ0) is 24.6. The zero-order valence-corrected chi connectivity index (χ0v) is 17.6. The number of amides is 1. The van der Waals surface area contributed by atoms with Crippen molar-refractivity contribution in [1.82, 2.24) is 9.47 Å². The predicted molar refractivity (Wildman–Crippen MR) is 115 cm³/mol. The molecule has 0 atom stereocenters. The van der Waals surface area contributed by atoms with Gasteiger partial charge in [-0.25, -0.2) is 0 Å². The Kier molecular flexibility index (Phi) is 5.85. The van der Waals surface area contributed by atoms with Gasteiger partial charge in [0.25, 0.3) is 11.4 Å². The van der Waals surface area contributed by atoms with Gasteiger partial charge in [-0.15, -0.1) is 0 Å². The van der Waals surface area contributed by atoms with Gasteiger partial charge in [-0.2, -0.15) is 13.2 Å². The van der Waals surface area contributed by atoms with Crippen LogP contribution in [-0.2, 0) is 17.5 Å². The number of nitro benzene ring substituents is 2. The fourth-order valence-electron chi connectivity index (χ4n) is 3.99. The Hall–Kier alpha value is -4.16. The van der Waals surface area contributed by atoms with Crippen molar-refractivity contribution in [2.45, 2.75) is 12.7 Å². The third kappa shape index (κ3) is 4.49. The maximum absolute atomic E-state index is 12.9. The number of benzene rings is 2. The molecule has 2 heterocycles. The SMILES string of the molecule is O=C(Cn1ccc2cc([N+](=O)[O-])ccc21)N1CCN(c2ccc(C(F)(F)F)cc2[N+](=O)[O-])CC1. The highest BCUT2D eigenvalue weighted by atomic mass is 19.4. The van der Waals surface area contributed by atoms with Gasteiger partial charge in [-0.1, -0.05) is 0 Å². The number of carbonyl (C=O) groups is 1. The van der Waals surface area contributed by atoms with Crippen LogP contribution >= 0.6 is 0 Å². The summed E-state index contributed by atoms with van der Waals surface area (Å²) in [6.45, 7) is 0.915. The molecule has 1 saturated heterocycles. The van der Waals surface area contributed by atoms with E-state index in [-0.39, 0.29) is 50.0 Å². The van der Waals surface area contributed by atoms with E-state index in [9.17, 15) is 38.2 Å². The molecule has 0 unspecified atom stereocenters. The van der Waals surface area contributed by atoms with Crippen LogP contribution in [0.15, 0.2) is 48.7 Å². The second kappa shape index (κ2) is 8.65. The minimum atomic E-state index is -4.69. The molecule has 3 aromatic rings. The molecular weight excluding hydrogens is 459 g/mol. The third-order valence-electron chi connectivity index (χ3n) is 5.74. The average Bonchev–Trinajstić information content (AvgIpc) is 3.20.